The normalized spacial score (nSPS) is 20.2. The van der Waals surface area contributed by atoms with Crippen LogP contribution in [0.5, 0.6) is 0 Å². The van der Waals surface area contributed by atoms with Crippen LogP contribution in [0.2, 0.25) is 5.02 Å². The molecule has 3 N–H and O–H groups in total. The number of nitrogens with one attached hydrogen (secondary N) is 1. The maximum absolute atomic E-state index is 13.3. The quantitative estimate of drug-likeness (QED) is 0.820. The Hall–Kier alpha value is -1.00. The second kappa shape index (κ2) is 5.56. The fraction of sp³-hybridized carbons (Fsp3) is 0.500. The SMILES string of the molecule is Nc1cc(Cl)c(F)cc1NCC1CCCCO1. The molecule has 3 nitrogen and oxygen atoms in total. The largest absolute Gasteiger partial charge is 0.397 e. The molecule has 0 radical (unpaired) electrons. The van der Waals surface area contributed by atoms with Crippen molar-refractivity contribution in [1.82, 2.24) is 0 Å². The number of ether oxygens (including phenoxy) is 1. The van der Waals surface area contributed by atoms with Crippen molar-refractivity contribution >= 4 is 23.0 Å². The van der Waals surface area contributed by atoms with Crippen LogP contribution in [-0.4, -0.2) is 19.3 Å². The van der Waals surface area contributed by atoms with Crippen LogP contribution in [0, 0.1) is 5.82 Å². The molecule has 2 rings (SSSR count). The third-order valence-corrected chi connectivity index (χ3v) is 3.18. The van der Waals surface area contributed by atoms with E-state index in [1.54, 1.807) is 0 Å². The van der Waals surface area contributed by atoms with E-state index in [9.17, 15) is 4.39 Å². The Balaban J connectivity index is 1.96. The van der Waals surface area contributed by atoms with Crippen molar-refractivity contribution in [2.45, 2.75) is 25.4 Å². The Morgan fingerprint density at radius 3 is 3.00 bits per heavy atom. The molecule has 1 heterocycles. The lowest BCUT2D eigenvalue weighted by Crippen LogP contribution is -2.27. The van der Waals surface area contributed by atoms with Crippen molar-refractivity contribution in [1.29, 1.82) is 0 Å². The molecule has 0 amide bonds. The van der Waals surface area contributed by atoms with E-state index >= 15 is 0 Å². The summed E-state index contributed by atoms with van der Waals surface area (Å²) in [5, 5.41) is 3.15. The highest BCUT2D eigenvalue weighted by molar-refractivity contribution is 6.31. The topological polar surface area (TPSA) is 47.3 Å². The summed E-state index contributed by atoms with van der Waals surface area (Å²) in [6.07, 6.45) is 3.51. The summed E-state index contributed by atoms with van der Waals surface area (Å²) >= 11 is 5.63. The molecule has 1 fully saturated rings. The molecule has 1 saturated heterocycles. The monoisotopic (exact) mass is 258 g/mol. The summed E-state index contributed by atoms with van der Waals surface area (Å²) in [5.41, 5.74) is 6.77. The van der Waals surface area contributed by atoms with Crippen LogP contribution in [0.1, 0.15) is 19.3 Å². The molecule has 5 heteroatoms. The van der Waals surface area contributed by atoms with Gasteiger partial charge in [0.25, 0.3) is 0 Å². The molecular formula is C12H16ClFN2O. The van der Waals surface area contributed by atoms with Crippen LogP contribution < -0.4 is 11.1 Å². The van der Waals surface area contributed by atoms with Gasteiger partial charge in [0.2, 0.25) is 0 Å². The van der Waals surface area contributed by atoms with Gasteiger partial charge in [-0.3, -0.25) is 0 Å². The second-order valence-corrected chi connectivity index (χ2v) is 4.63. The number of rotatable bonds is 3. The molecule has 1 aliphatic heterocycles. The lowest BCUT2D eigenvalue weighted by atomic mass is 10.1. The number of nitrogens with two attached hydrogens (primary N) is 1. The molecular weight excluding hydrogens is 243 g/mol. The minimum absolute atomic E-state index is 0.0435. The standard InChI is InChI=1S/C12H16ClFN2O/c13-9-5-11(15)12(6-10(9)14)16-7-8-3-1-2-4-17-8/h5-6,8,16H,1-4,7,15H2. The zero-order chi connectivity index (χ0) is 12.3. The fourth-order valence-electron chi connectivity index (χ4n) is 1.91. The number of nitrogen functional groups attached to an aromatic ring is 1. The zero-order valence-corrected chi connectivity index (χ0v) is 10.3. The van der Waals surface area contributed by atoms with E-state index in [4.69, 9.17) is 22.1 Å². The van der Waals surface area contributed by atoms with E-state index in [-0.39, 0.29) is 11.1 Å². The van der Waals surface area contributed by atoms with Crippen molar-refractivity contribution in [3.8, 4) is 0 Å². The minimum atomic E-state index is -0.465. The van der Waals surface area contributed by atoms with Gasteiger partial charge in [-0.15, -0.1) is 0 Å². The van der Waals surface area contributed by atoms with Gasteiger partial charge in [0.05, 0.1) is 22.5 Å². The Kier molecular flexibility index (Phi) is 4.07. The number of hydrogen-bond acceptors (Lipinski definition) is 3. The summed E-state index contributed by atoms with van der Waals surface area (Å²) in [4.78, 5) is 0. The van der Waals surface area contributed by atoms with Gasteiger partial charge in [-0.25, -0.2) is 4.39 Å². The molecule has 1 unspecified atom stereocenters. The Labute approximate surface area is 105 Å². The minimum Gasteiger partial charge on any atom is -0.397 e. The zero-order valence-electron chi connectivity index (χ0n) is 9.51. The van der Waals surface area contributed by atoms with Gasteiger partial charge in [-0.2, -0.15) is 0 Å². The van der Waals surface area contributed by atoms with Crippen LogP contribution in [0.3, 0.4) is 0 Å². The van der Waals surface area contributed by atoms with Crippen LogP contribution in [0.15, 0.2) is 12.1 Å². The van der Waals surface area contributed by atoms with E-state index in [1.807, 2.05) is 0 Å². The molecule has 1 aromatic rings. The molecule has 0 saturated carbocycles. The van der Waals surface area contributed by atoms with Crippen LogP contribution >= 0.6 is 11.6 Å². The summed E-state index contributed by atoms with van der Waals surface area (Å²) in [5.74, 6) is -0.465. The number of hydrogen-bond donors (Lipinski definition) is 2. The summed E-state index contributed by atoms with van der Waals surface area (Å²) < 4.78 is 18.8. The number of benzene rings is 1. The van der Waals surface area contributed by atoms with Crippen LogP contribution in [0.4, 0.5) is 15.8 Å². The predicted octanol–water partition coefficient (Wildman–Crippen LogP) is 3.04. The average Bonchev–Trinajstić information content (AvgIpc) is 2.33. The van der Waals surface area contributed by atoms with Crippen molar-refractivity contribution in [2.24, 2.45) is 0 Å². The predicted molar refractivity (Wildman–Crippen MR) is 67.9 cm³/mol. The maximum Gasteiger partial charge on any atom is 0.143 e. The fourth-order valence-corrected chi connectivity index (χ4v) is 2.08. The first-order chi connectivity index (χ1) is 8.16. The van der Waals surface area contributed by atoms with Crippen molar-refractivity contribution in [3.63, 3.8) is 0 Å². The van der Waals surface area contributed by atoms with Gasteiger partial charge in [-0.05, 0) is 25.3 Å². The highest BCUT2D eigenvalue weighted by Gasteiger charge is 2.14. The average molecular weight is 259 g/mol. The molecule has 1 aliphatic rings. The van der Waals surface area contributed by atoms with Crippen molar-refractivity contribution in [3.05, 3.63) is 23.0 Å². The van der Waals surface area contributed by atoms with Gasteiger partial charge in [0.1, 0.15) is 5.82 Å². The van der Waals surface area contributed by atoms with Gasteiger partial charge >= 0.3 is 0 Å². The first-order valence-corrected chi connectivity index (χ1v) is 6.14. The van der Waals surface area contributed by atoms with E-state index in [1.165, 1.54) is 18.6 Å². The van der Waals surface area contributed by atoms with Gasteiger partial charge in [-0.1, -0.05) is 11.6 Å². The Morgan fingerprint density at radius 2 is 2.29 bits per heavy atom. The molecule has 17 heavy (non-hydrogen) atoms. The lowest BCUT2D eigenvalue weighted by Gasteiger charge is -2.23. The van der Waals surface area contributed by atoms with Crippen LogP contribution in [0.25, 0.3) is 0 Å². The molecule has 0 aromatic heterocycles. The maximum atomic E-state index is 13.3. The van der Waals surface area contributed by atoms with Gasteiger partial charge < -0.3 is 15.8 Å². The van der Waals surface area contributed by atoms with Crippen LogP contribution in [-0.2, 0) is 4.74 Å². The number of anilines is 2. The molecule has 0 spiro atoms. The van der Waals surface area contributed by atoms with E-state index < -0.39 is 5.82 Å². The van der Waals surface area contributed by atoms with E-state index in [0.717, 1.165) is 19.4 Å². The molecule has 0 aliphatic carbocycles. The van der Waals surface area contributed by atoms with E-state index in [0.29, 0.717) is 17.9 Å². The molecule has 0 bridgehead atoms. The summed E-state index contributed by atoms with van der Waals surface area (Å²) in [6.45, 7) is 1.45. The number of halogens is 2. The molecule has 1 atom stereocenters. The highest BCUT2D eigenvalue weighted by Crippen LogP contribution is 2.26. The van der Waals surface area contributed by atoms with E-state index in [2.05, 4.69) is 5.32 Å². The highest BCUT2D eigenvalue weighted by atomic mass is 35.5. The Bertz CT molecular complexity index is 394. The Morgan fingerprint density at radius 1 is 1.47 bits per heavy atom. The van der Waals surface area contributed by atoms with Crippen molar-refractivity contribution in [2.75, 3.05) is 24.2 Å². The van der Waals surface area contributed by atoms with Crippen molar-refractivity contribution < 1.29 is 9.13 Å². The smallest absolute Gasteiger partial charge is 0.143 e. The first kappa shape index (κ1) is 12.5. The summed E-state index contributed by atoms with van der Waals surface area (Å²) in [6, 6.07) is 2.74. The van der Waals surface area contributed by atoms with Gasteiger partial charge in [0, 0.05) is 19.2 Å². The lowest BCUT2D eigenvalue weighted by molar-refractivity contribution is 0.0248. The molecule has 94 valence electrons. The summed E-state index contributed by atoms with van der Waals surface area (Å²) in [7, 11) is 0. The second-order valence-electron chi connectivity index (χ2n) is 4.22. The third kappa shape index (κ3) is 3.23. The first-order valence-electron chi connectivity index (χ1n) is 5.77. The molecule has 1 aromatic carbocycles. The third-order valence-electron chi connectivity index (χ3n) is 2.89. The van der Waals surface area contributed by atoms with Gasteiger partial charge in [0.15, 0.2) is 0 Å².